The molecule has 6 heteroatoms. The fourth-order valence-electron chi connectivity index (χ4n) is 3.91. The molecule has 0 aliphatic carbocycles. The third kappa shape index (κ3) is 3.47. The minimum Gasteiger partial charge on any atom is -0.497 e. The van der Waals surface area contributed by atoms with Crippen LogP contribution in [0.2, 0.25) is 0 Å². The van der Waals surface area contributed by atoms with E-state index in [1.54, 1.807) is 30.3 Å². The molecule has 4 rings (SSSR count). The van der Waals surface area contributed by atoms with Gasteiger partial charge in [-0.25, -0.2) is 4.79 Å². The molecule has 2 N–H and O–H groups in total. The summed E-state index contributed by atoms with van der Waals surface area (Å²) in [7, 11) is 2.91. The van der Waals surface area contributed by atoms with Crippen LogP contribution in [0.15, 0.2) is 89.9 Å². The third-order valence-corrected chi connectivity index (χ3v) is 5.43. The molecular formula is C25H21N3O3. The lowest BCUT2D eigenvalue weighted by molar-refractivity contribution is -0.136. The van der Waals surface area contributed by atoms with Crippen LogP contribution in [0.3, 0.4) is 0 Å². The highest BCUT2D eigenvalue weighted by Crippen LogP contribution is 2.41. The molecule has 6 nitrogen and oxygen atoms in total. The average Bonchev–Trinajstić information content (AvgIpc) is 2.83. The topological polar surface area (TPSA) is 88.6 Å². The summed E-state index contributed by atoms with van der Waals surface area (Å²) >= 11 is 0. The molecule has 1 heterocycles. The first-order chi connectivity index (χ1) is 15.1. The predicted octanol–water partition coefficient (Wildman–Crippen LogP) is 4.20. The maximum atomic E-state index is 12.8. The molecule has 0 amide bonds. The first kappa shape index (κ1) is 20.0. The highest BCUT2D eigenvalue weighted by atomic mass is 16.5. The summed E-state index contributed by atoms with van der Waals surface area (Å²) in [5, 5.41) is 12.0. The highest BCUT2D eigenvalue weighted by molar-refractivity contribution is 5.96. The van der Waals surface area contributed by atoms with E-state index in [9.17, 15) is 10.1 Å². The number of esters is 1. The van der Waals surface area contributed by atoms with Crippen LogP contribution < -0.4 is 15.4 Å². The molecule has 0 saturated heterocycles. The molecule has 0 spiro atoms. The van der Waals surface area contributed by atoms with Gasteiger partial charge >= 0.3 is 5.97 Å². The van der Waals surface area contributed by atoms with Crippen LogP contribution in [-0.2, 0) is 9.53 Å². The van der Waals surface area contributed by atoms with Crippen molar-refractivity contribution in [3.8, 4) is 11.8 Å². The Balaban J connectivity index is 1.93. The van der Waals surface area contributed by atoms with Gasteiger partial charge in [-0.1, -0.05) is 42.5 Å². The van der Waals surface area contributed by atoms with E-state index in [0.717, 1.165) is 16.3 Å². The van der Waals surface area contributed by atoms with Crippen molar-refractivity contribution < 1.29 is 14.3 Å². The number of nitriles is 1. The van der Waals surface area contributed by atoms with E-state index in [2.05, 4.69) is 6.07 Å². The summed E-state index contributed by atoms with van der Waals surface area (Å²) < 4.78 is 10.3. The van der Waals surface area contributed by atoms with Crippen LogP contribution in [0.5, 0.6) is 5.75 Å². The van der Waals surface area contributed by atoms with Crippen molar-refractivity contribution in [2.45, 2.75) is 5.92 Å². The minimum absolute atomic E-state index is 0.262. The van der Waals surface area contributed by atoms with Gasteiger partial charge < -0.3 is 20.1 Å². The van der Waals surface area contributed by atoms with Gasteiger partial charge in [0.05, 0.1) is 37.4 Å². The van der Waals surface area contributed by atoms with Crippen molar-refractivity contribution in [2.75, 3.05) is 19.1 Å². The van der Waals surface area contributed by atoms with Crippen molar-refractivity contribution in [1.82, 2.24) is 0 Å². The molecule has 1 aliphatic rings. The van der Waals surface area contributed by atoms with Crippen LogP contribution >= 0.6 is 0 Å². The zero-order valence-corrected chi connectivity index (χ0v) is 17.2. The second-order valence-electron chi connectivity index (χ2n) is 7.06. The largest absolute Gasteiger partial charge is 0.497 e. The van der Waals surface area contributed by atoms with Crippen molar-refractivity contribution in [1.29, 1.82) is 5.26 Å². The number of allylic oxidation sites excluding steroid dienone is 1. The number of carbonyl (C=O) groups excluding carboxylic acids is 1. The van der Waals surface area contributed by atoms with Crippen molar-refractivity contribution >= 4 is 22.4 Å². The molecule has 154 valence electrons. The van der Waals surface area contributed by atoms with Gasteiger partial charge in [0.2, 0.25) is 0 Å². The van der Waals surface area contributed by atoms with Gasteiger partial charge in [-0.3, -0.25) is 0 Å². The van der Waals surface area contributed by atoms with E-state index in [0.29, 0.717) is 17.0 Å². The standard InChI is InChI=1S/C25H21N3O3/c1-30-18-12-10-17(11-13-18)28-15-22(25(29)31-2)23(21(14-26)24(28)27)20-9-5-7-16-6-3-4-8-19(16)20/h3-13,15,23H,27H2,1-2H3. The Hall–Kier alpha value is -4.24. The number of benzene rings is 3. The lowest BCUT2D eigenvalue weighted by Gasteiger charge is -2.32. The van der Waals surface area contributed by atoms with Gasteiger partial charge in [-0.05, 0) is 40.6 Å². The number of hydrogen-bond acceptors (Lipinski definition) is 6. The fourth-order valence-corrected chi connectivity index (χ4v) is 3.91. The van der Waals surface area contributed by atoms with E-state index in [4.69, 9.17) is 15.2 Å². The zero-order chi connectivity index (χ0) is 22.0. The number of ether oxygens (including phenoxy) is 2. The maximum Gasteiger partial charge on any atom is 0.336 e. The molecule has 0 bridgehead atoms. The molecule has 0 fully saturated rings. The summed E-state index contributed by atoms with van der Waals surface area (Å²) in [6, 6.07) is 23.1. The Kier molecular flexibility index (Phi) is 5.33. The number of fused-ring (bicyclic) bond motifs is 1. The molecular weight excluding hydrogens is 390 g/mol. The summed E-state index contributed by atoms with van der Waals surface area (Å²) in [5.74, 6) is -0.206. The highest BCUT2D eigenvalue weighted by Gasteiger charge is 2.35. The number of anilines is 1. The molecule has 1 unspecified atom stereocenters. The fraction of sp³-hybridized carbons (Fsp3) is 0.120. The second-order valence-corrected chi connectivity index (χ2v) is 7.06. The van der Waals surface area contributed by atoms with Crippen LogP contribution in [0.1, 0.15) is 11.5 Å². The summed E-state index contributed by atoms with van der Waals surface area (Å²) in [4.78, 5) is 14.5. The van der Waals surface area contributed by atoms with Gasteiger partial charge in [0.15, 0.2) is 0 Å². The smallest absolute Gasteiger partial charge is 0.336 e. The maximum absolute atomic E-state index is 12.8. The number of hydrogen-bond donors (Lipinski definition) is 1. The first-order valence-corrected chi connectivity index (χ1v) is 9.69. The number of nitrogens with zero attached hydrogens (tertiary/aromatic N) is 2. The Labute approximate surface area is 180 Å². The summed E-state index contributed by atoms with van der Waals surface area (Å²) in [5.41, 5.74) is 8.61. The zero-order valence-electron chi connectivity index (χ0n) is 17.2. The molecule has 1 aliphatic heterocycles. The van der Waals surface area contributed by atoms with Crippen LogP contribution in [0, 0.1) is 11.3 Å². The summed E-state index contributed by atoms with van der Waals surface area (Å²) in [6.45, 7) is 0. The Morgan fingerprint density at radius 2 is 1.74 bits per heavy atom. The first-order valence-electron chi connectivity index (χ1n) is 9.69. The van der Waals surface area contributed by atoms with Gasteiger partial charge in [-0.2, -0.15) is 5.26 Å². The SMILES string of the molecule is COC(=O)C1=CN(c2ccc(OC)cc2)C(N)=C(C#N)C1c1cccc2ccccc12. The Bertz CT molecular complexity index is 1250. The van der Waals surface area contributed by atoms with E-state index in [1.807, 2.05) is 54.6 Å². The quantitative estimate of drug-likeness (QED) is 0.647. The monoisotopic (exact) mass is 411 g/mol. The lowest BCUT2D eigenvalue weighted by Crippen LogP contribution is -2.33. The second kappa shape index (κ2) is 8.25. The molecule has 31 heavy (non-hydrogen) atoms. The molecule has 3 aromatic carbocycles. The lowest BCUT2D eigenvalue weighted by atomic mass is 9.81. The van der Waals surface area contributed by atoms with Gasteiger partial charge in [0.1, 0.15) is 11.6 Å². The normalized spacial score (nSPS) is 16.0. The van der Waals surface area contributed by atoms with Crippen molar-refractivity contribution in [2.24, 2.45) is 5.73 Å². The Morgan fingerprint density at radius 3 is 2.42 bits per heavy atom. The molecule has 3 aromatic rings. The van der Waals surface area contributed by atoms with Crippen molar-refractivity contribution in [3.05, 3.63) is 95.5 Å². The number of nitrogens with two attached hydrogens (primary N) is 1. The number of methoxy groups -OCH3 is 2. The van der Waals surface area contributed by atoms with Crippen LogP contribution in [0.4, 0.5) is 5.69 Å². The van der Waals surface area contributed by atoms with Gasteiger partial charge in [0, 0.05) is 11.9 Å². The van der Waals surface area contributed by atoms with Gasteiger partial charge in [0.25, 0.3) is 0 Å². The molecule has 0 aromatic heterocycles. The van der Waals surface area contributed by atoms with E-state index >= 15 is 0 Å². The van der Waals surface area contributed by atoms with Gasteiger partial charge in [-0.15, -0.1) is 0 Å². The van der Waals surface area contributed by atoms with Crippen LogP contribution in [-0.4, -0.2) is 20.2 Å². The minimum atomic E-state index is -0.641. The third-order valence-electron chi connectivity index (χ3n) is 5.43. The summed E-state index contributed by atoms with van der Waals surface area (Å²) in [6.07, 6.45) is 1.65. The van der Waals surface area contributed by atoms with Crippen LogP contribution in [0.25, 0.3) is 10.8 Å². The van der Waals surface area contributed by atoms with E-state index < -0.39 is 11.9 Å². The average molecular weight is 411 g/mol. The Morgan fingerprint density at radius 1 is 1.03 bits per heavy atom. The number of carbonyl (C=O) groups is 1. The van der Waals surface area contributed by atoms with Crippen molar-refractivity contribution in [3.63, 3.8) is 0 Å². The van der Waals surface area contributed by atoms with E-state index in [-0.39, 0.29) is 11.4 Å². The molecule has 0 radical (unpaired) electrons. The molecule has 0 saturated carbocycles. The molecule has 1 atom stereocenters. The van der Waals surface area contributed by atoms with E-state index in [1.165, 1.54) is 7.11 Å². The number of rotatable bonds is 4. The predicted molar refractivity (Wildman–Crippen MR) is 119 cm³/mol.